The molecule has 1 unspecified atom stereocenters. The van der Waals surface area contributed by atoms with Crippen LogP contribution in [0.25, 0.3) is 0 Å². The van der Waals surface area contributed by atoms with E-state index in [0.717, 1.165) is 11.3 Å². The van der Waals surface area contributed by atoms with Gasteiger partial charge in [-0.15, -0.1) is 0 Å². The molecule has 90 valence electrons. The maximum absolute atomic E-state index is 10.7. The molecule has 17 heavy (non-hydrogen) atoms. The van der Waals surface area contributed by atoms with Crippen molar-refractivity contribution >= 4 is 29.2 Å². The van der Waals surface area contributed by atoms with Gasteiger partial charge < -0.3 is 5.73 Å². The number of nitrogens with one attached hydrogen (secondary N) is 2. The fourth-order valence-corrected chi connectivity index (χ4v) is 2.07. The van der Waals surface area contributed by atoms with Crippen LogP contribution in [0.1, 0.15) is 17.3 Å². The van der Waals surface area contributed by atoms with E-state index in [1.54, 1.807) is 0 Å². The normalized spacial score (nSPS) is 18.2. The van der Waals surface area contributed by atoms with E-state index in [0.29, 0.717) is 16.5 Å². The summed E-state index contributed by atoms with van der Waals surface area (Å²) < 4.78 is 0. The Bertz CT molecular complexity index is 489. The number of hydrogen-bond acceptors (Lipinski definition) is 3. The molecule has 0 saturated heterocycles. The van der Waals surface area contributed by atoms with Gasteiger partial charge in [0.25, 0.3) is 0 Å². The topological polar surface area (TPSA) is 80.0 Å². The number of primary amides is 1. The lowest BCUT2D eigenvalue weighted by Crippen LogP contribution is -2.44. The van der Waals surface area contributed by atoms with E-state index in [1.165, 1.54) is 6.20 Å². The second-order valence-electron chi connectivity index (χ2n) is 3.56. The average Bonchev–Trinajstić information content (AvgIpc) is 2.27. The van der Waals surface area contributed by atoms with Crippen molar-refractivity contribution in [3.8, 4) is 0 Å². The molecule has 2 amide bonds. The van der Waals surface area contributed by atoms with E-state index in [2.05, 4.69) is 15.8 Å². The van der Waals surface area contributed by atoms with Crippen LogP contribution >= 0.6 is 23.2 Å². The lowest BCUT2D eigenvalue weighted by Gasteiger charge is -2.23. The fraction of sp³-hybridized carbons (Fsp3) is 0.200. The number of aromatic nitrogens is 1. The first kappa shape index (κ1) is 12.2. The number of nitrogens with two attached hydrogens (primary N) is 1. The number of allylic oxidation sites excluding steroid dienone is 1. The molecule has 0 radical (unpaired) electrons. The number of carbonyl (C=O) groups is 1. The number of nitrogens with zero attached hydrogens (tertiary/aromatic N) is 1. The zero-order chi connectivity index (χ0) is 12.4. The van der Waals surface area contributed by atoms with Gasteiger partial charge in [0.2, 0.25) is 0 Å². The summed E-state index contributed by atoms with van der Waals surface area (Å²) in [5.41, 5.74) is 11.7. The molecule has 7 heteroatoms. The van der Waals surface area contributed by atoms with Gasteiger partial charge >= 0.3 is 6.03 Å². The number of halogens is 2. The first-order valence-electron chi connectivity index (χ1n) is 4.89. The number of rotatable bonds is 2. The van der Waals surface area contributed by atoms with Gasteiger partial charge in [-0.25, -0.2) is 10.2 Å². The van der Waals surface area contributed by atoms with Crippen molar-refractivity contribution in [3.63, 3.8) is 0 Å². The van der Waals surface area contributed by atoms with Crippen LogP contribution in [0.15, 0.2) is 23.4 Å². The first-order chi connectivity index (χ1) is 8.08. The van der Waals surface area contributed by atoms with Gasteiger partial charge in [0, 0.05) is 11.2 Å². The Labute approximate surface area is 108 Å². The molecular formula is C10H10Cl2N4O. The maximum atomic E-state index is 10.7. The summed E-state index contributed by atoms with van der Waals surface area (Å²) in [4.78, 5) is 14.9. The predicted octanol–water partition coefficient (Wildman–Crippen LogP) is 1.63. The molecule has 1 atom stereocenters. The van der Waals surface area contributed by atoms with Crippen LogP contribution < -0.4 is 16.6 Å². The summed E-state index contributed by atoms with van der Waals surface area (Å²) in [6, 6.07) is 0.739. The Morgan fingerprint density at radius 1 is 1.53 bits per heavy atom. The highest BCUT2D eigenvalue weighted by Crippen LogP contribution is 2.31. The number of hydrogen-bond donors (Lipinski definition) is 3. The number of carbonyl (C=O) groups excluding carboxylic acids is 1. The zero-order valence-electron chi connectivity index (χ0n) is 8.71. The van der Waals surface area contributed by atoms with Crippen molar-refractivity contribution in [1.29, 1.82) is 0 Å². The highest BCUT2D eigenvalue weighted by molar-refractivity contribution is 6.31. The molecule has 0 fully saturated rings. The predicted molar refractivity (Wildman–Crippen MR) is 65.5 cm³/mol. The Balaban J connectivity index is 2.27. The molecule has 0 bridgehead atoms. The number of urea groups is 1. The lowest BCUT2D eigenvalue weighted by molar-refractivity contribution is 0.243. The standard InChI is InChI=1S/C10H10Cl2N4O/c11-6-3-5-1-2-7(12)9(8(5)14-4-6)15-16-10(13)17/h2-4,9,15H,1H2,(H3,13,16,17). The van der Waals surface area contributed by atoms with E-state index in [1.807, 2.05) is 12.1 Å². The second-order valence-corrected chi connectivity index (χ2v) is 4.43. The van der Waals surface area contributed by atoms with Crippen molar-refractivity contribution in [2.24, 2.45) is 5.73 Å². The monoisotopic (exact) mass is 272 g/mol. The van der Waals surface area contributed by atoms with Crippen molar-refractivity contribution in [1.82, 2.24) is 15.8 Å². The second kappa shape index (κ2) is 4.91. The van der Waals surface area contributed by atoms with E-state index >= 15 is 0 Å². The number of fused-ring (bicyclic) bond motifs is 1. The summed E-state index contributed by atoms with van der Waals surface area (Å²) in [7, 11) is 0. The van der Waals surface area contributed by atoms with Crippen molar-refractivity contribution in [2.45, 2.75) is 12.5 Å². The van der Waals surface area contributed by atoms with Gasteiger partial charge in [-0.05, 0) is 18.1 Å². The summed E-state index contributed by atoms with van der Waals surface area (Å²) in [6.07, 6.45) is 4.04. The molecule has 0 spiro atoms. The fourth-order valence-electron chi connectivity index (χ4n) is 1.65. The smallest absolute Gasteiger partial charge is 0.326 e. The van der Waals surface area contributed by atoms with Crippen LogP contribution in [0.2, 0.25) is 5.02 Å². The SMILES string of the molecule is NC(=O)NNC1C(Cl)=CCc2cc(Cl)cnc21. The van der Waals surface area contributed by atoms with Crippen LogP contribution in [-0.2, 0) is 6.42 Å². The van der Waals surface area contributed by atoms with Crippen LogP contribution in [-0.4, -0.2) is 11.0 Å². The molecule has 0 aliphatic heterocycles. The Morgan fingerprint density at radius 3 is 3.00 bits per heavy atom. The summed E-state index contributed by atoms with van der Waals surface area (Å²) in [6.45, 7) is 0. The minimum atomic E-state index is -0.685. The van der Waals surface area contributed by atoms with Gasteiger partial charge in [-0.2, -0.15) is 0 Å². The van der Waals surface area contributed by atoms with Gasteiger partial charge in [0.05, 0.1) is 10.7 Å². The van der Waals surface area contributed by atoms with Gasteiger partial charge in [-0.1, -0.05) is 29.3 Å². The molecule has 1 heterocycles. The Hall–Kier alpha value is -1.30. The lowest BCUT2D eigenvalue weighted by atomic mass is 9.98. The molecule has 2 rings (SSSR count). The quantitative estimate of drug-likeness (QED) is 0.716. The maximum Gasteiger partial charge on any atom is 0.326 e. The summed E-state index contributed by atoms with van der Waals surface area (Å²) in [5, 5.41) is 1.12. The number of hydrazine groups is 1. The largest absolute Gasteiger partial charge is 0.351 e. The van der Waals surface area contributed by atoms with Crippen molar-refractivity contribution in [3.05, 3.63) is 39.7 Å². The third-order valence-corrected chi connectivity index (χ3v) is 2.95. The molecule has 0 saturated carbocycles. The van der Waals surface area contributed by atoms with E-state index < -0.39 is 12.1 Å². The average molecular weight is 273 g/mol. The summed E-state index contributed by atoms with van der Waals surface area (Å²) >= 11 is 11.9. The van der Waals surface area contributed by atoms with Gasteiger partial charge in [-0.3, -0.25) is 10.4 Å². The summed E-state index contributed by atoms with van der Waals surface area (Å²) in [5.74, 6) is 0. The molecule has 4 N–H and O–H groups in total. The highest BCUT2D eigenvalue weighted by atomic mass is 35.5. The first-order valence-corrected chi connectivity index (χ1v) is 5.64. The van der Waals surface area contributed by atoms with Crippen LogP contribution in [0, 0.1) is 0 Å². The minimum Gasteiger partial charge on any atom is -0.351 e. The Kier molecular flexibility index (Phi) is 3.51. The third kappa shape index (κ3) is 2.69. The van der Waals surface area contributed by atoms with Crippen molar-refractivity contribution in [2.75, 3.05) is 0 Å². The van der Waals surface area contributed by atoms with Crippen LogP contribution in [0.5, 0.6) is 0 Å². The van der Waals surface area contributed by atoms with Crippen LogP contribution in [0.4, 0.5) is 4.79 Å². The molecule has 1 aromatic heterocycles. The van der Waals surface area contributed by atoms with E-state index in [-0.39, 0.29) is 0 Å². The third-order valence-electron chi connectivity index (χ3n) is 2.37. The Morgan fingerprint density at radius 2 is 2.29 bits per heavy atom. The van der Waals surface area contributed by atoms with Crippen LogP contribution in [0.3, 0.4) is 0 Å². The van der Waals surface area contributed by atoms with E-state index in [9.17, 15) is 4.79 Å². The molecular weight excluding hydrogens is 263 g/mol. The molecule has 0 aromatic carbocycles. The minimum absolute atomic E-state index is 0.398. The molecule has 1 aromatic rings. The number of pyridine rings is 1. The molecule has 1 aliphatic rings. The van der Waals surface area contributed by atoms with Gasteiger partial charge in [0.15, 0.2) is 0 Å². The number of amides is 2. The molecule has 5 nitrogen and oxygen atoms in total. The van der Waals surface area contributed by atoms with E-state index in [4.69, 9.17) is 28.9 Å². The zero-order valence-corrected chi connectivity index (χ0v) is 10.2. The highest BCUT2D eigenvalue weighted by Gasteiger charge is 2.23. The van der Waals surface area contributed by atoms with Gasteiger partial charge in [0.1, 0.15) is 6.04 Å². The van der Waals surface area contributed by atoms with Crippen molar-refractivity contribution < 1.29 is 4.79 Å². The molecule has 1 aliphatic carbocycles.